The lowest BCUT2D eigenvalue weighted by Gasteiger charge is -2.22. The van der Waals surface area contributed by atoms with Crippen molar-refractivity contribution in [2.45, 2.75) is 53.6 Å². The number of rotatable bonds is 9. The highest BCUT2D eigenvalue weighted by Crippen LogP contribution is 2.48. The standard InChI is InChI=1S/C26H32O9/c1-10(2)17(28)9-15-22(31)14(23(32)19(24(15)33)20(29)11(3)4)8-16-25(34)18(13(6)27)21(30)12(5)26(16)35-7/h11,17,28,30-34H,1,8-9H2,2-7H3/t17-/m0/s1. The fraction of sp³-hybridized carbons (Fsp3) is 0.385. The molecule has 0 fully saturated rings. The molecule has 2 aromatic rings. The van der Waals surface area contributed by atoms with Crippen LogP contribution >= 0.6 is 0 Å². The van der Waals surface area contributed by atoms with E-state index in [4.69, 9.17) is 4.74 Å². The smallest absolute Gasteiger partial charge is 0.172 e. The first-order valence-electron chi connectivity index (χ1n) is 11.0. The van der Waals surface area contributed by atoms with Crippen LogP contribution in [0.25, 0.3) is 0 Å². The highest BCUT2D eigenvalue weighted by atomic mass is 16.5. The first kappa shape index (κ1) is 27.5. The summed E-state index contributed by atoms with van der Waals surface area (Å²) in [5.74, 6) is -4.99. The third kappa shape index (κ3) is 4.90. The van der Waals surface area contributed by atoms with Crippen LogP contribution in [0, 0.1) is 12.8 Å². The van der Waals surface area contributed by atoms with Gasteiger partial charge in [-0.05, 0) is 20.8 Å². The molecule has 6 N–H and O–H groups in total. The summed E-state index contributed by atoms with van der Waals surface area (Å²) in [6.45, 7) is 10.9. The SMILES string of the molecule is C=C(C)[C@@H](O)Cc1c(O)c(Cc2c(O)c(C(C)=O)c(O)c(C)c2OC)c(O)c(C(=O)C(C)C)c1O. The number of carbonyl (C=O) groups is 2. The molecule has 35 heavy (non-hydrogen) atoms. The minimum Gasteiger partial charge on any atom is -0.507 e. The molecule has 0 amide bonds. The van der Waals surface area contributed by atoms with E-state index in [0.717, 1.165) is 6.92 Å². The number of phenols is 5. The molecule has 0 aliphatic rings. The summed E-state index contributed by atoms with van der Waals surface area (Å²) in [6, 6.07) is 0. The number of aliphatic hydroxyl groups is 1. The predicted octanol–water partition coefficient (Wildman–Crippen LogP) is 3.64. The molecule has 0 aromatic heterocycles. The van der Waals surface area contributed by atoms with E-state index in [2.05, 4.69) is 6.58 Å². The molecular formula is C26H32O9. The van der Waals surface area contributed by atoms with Gasteiger partial charge in [-0.15, -0.1) is 0 Å². The molecule has 0 aliphatic heterocycles. The fourth-order valence-electron chi connectivity index (χ4n) is 3.91. The second-order valence-corrected chi connectivity index (χ2v) is 8.91. The van der Waals surface area contributed by atoms with E-state index in [0.29, 0.717) is 5.57 Å². The van der Waals surface area contributed by atoms with Gasteiger partial charge >= 0.3 is 0 Å². The predicted molar refractivity (Wildman–Crippen MR) is 129 cm³/mol. The monoisotopic (exact) mass is 488 g/mol. The van der Waals surface area contributed by atoms with Crippen LogP contribution in [-0.4, -0.2) is 55.4 Å². The molecule has 0 spiro atoms. The van der Waals surface area contributed by atoms with Gasteiger partial charge in [0.2, 0.25) is 0 Å². The van der Waals surface area contributed by atoms with Crippen LogP contribution in [0.5, 0.6) is 34.5 Å². The molecule has 0 bridgehead atoms. The minimum absolute atomic E-state index is 0.00266. The maximum Gasteiger partial charge on any atom is 0.172 e. The summed E-state index contributed by atoms with van der Waals surface area (Å²) in [6.07, 6.45) is -1.92. The number of phenolic OH excluding ortho intramolecular Hbond substituents is 5. The molecule has 0 saturated carbocycles. The largest absolute Gasteiger partial charge is 0.507 e. The van der Waals surface area contributed by atoms with E-state index < -0.39 is 64.3 Å². The number of aliphatic hydroxyl groups excluding tert-OH is 1. The summed E-state index contributed by atoms with van der Waals surface area (Å²) in [4.78, 5) is 25.0. The summed E-state index contributed by atoms with van der Waals surface area (Å²) in [7, 11) is 1.27. The number of carbonyl (C=O) groups excluding carboxylic acids is 2. The Balaban J connectivity index is 2.94. The second kappa shape index (κ2) is 10.3. The minimum atomic E-state index is -1.17. The molecule has 2 rings (SSSR count). The van der Waals surface area contributed by atoms with Gasteiger partial charge in [-0.2, -0.15) is 0 Å². The van der Waals surface area contributed by atoms with E-state index >= 15 is 0 Å². The molecule has 9 heteroatoms. The molecule has 190 valence electrons. The number of methoxy groups -OCH3 is 1. The molecule has 9 nitrogen and oxygen atoms in total. The van der Waals surface area contributed by atoms with Gasteiger partial charge in [0.25, 0.3) is 0 Å². The van der Waals surface area contributed by atoms with Crippen molar-refractivity contribution in [1.82, 2.24) is 0 Å². The first-order valence-corrected chi connectivity index (χ1v) is 11.0. The number of ether oxygens (including phenoxy) is 1. The third-order valence-electron chi connectivity index (χ3n) is 5.99. The summed E-state index contributed by atoms with van der Waals surface area (Å²) < 4.78 is 5.33. The molecule has 0 unspecified atom stereocenters. The molecule has 0 saturated heterocycles. The number of Topliss-reactive ketones (excluding diaryl/α,β-unsaturated/α-hetero) is 2. The normalized spacial score (nSPS) is 12.0. The van der Waals surface area contributed by atoms with Crippen LogP contribution < -0.4 is 4.74 Å². The molecular weight excluding hydrogens is 456 g/mol. The van der Waals surface area contributed by atoms with Gasteiger partial charge < -0.3 is 35.4 Å². The maximum atomic E-state index is 12.9. The average molecular weight is 489 g/mol. The number of aromatic hydroxyl groups is 5. The van der Waals surface area contributed by atoms with Crippen molar-refractivity contribution in [3.8, 4) is 34.5 Å². The van der Waals surface area contributed by atoms with Gasteiger partial charge in [0.1, 0.15) is 45.6 Å². The van der Waals surface area contributed by atoms with Crippen LogP contribution in [0.15, 0.2) is 12.2 Å². The van der Waals surface area contributed by atoms with Crippen molar-refractivity contribution in [2.24, 2.45) is 5.92 Å². The zero-order chi connectivity index (χ0) is 26.9. The van der Waals surface area contributed by atoms with Gasteiger partial charge in [0.15, 0.2) is 11.6 Å². The Morgan fingerprint density at radius 1 is 0.857 bits per heavy atom. The lowest BCUT2D eigenvalue weighted by atomic mass is 9.87. The molecule has 0 radical (unpaired) electrons. The zero-order valence-electron chi connectivity index (χ0n) is 20.7. The second-order valence-electron chi connectivity index (χ2n) is 8.91. The van der Waals surface area contributed by atoms with E-state index in [9.17, 15) is 40.2 Å². The van der Waals surface area contributed by atoms with Crippen molar-refractivity contribution in [3.05, 3.63) is 45.5 Å². The van der Waals surface area contributed by atoms with Crippen LogP contribution in [0.1, 0.15) is 70.7 Å². The Labute approximate surface area is 203 Å². The van der Waals surface area contributed by atoms with E-state index in [1.54, 1.807) is 20.8 Å². The van der Waals surface area contributed by atoms with Crippen molar-refractivity contribution in [3.63, 3.8) is 0 Å². The van der Waals surface area contributed by atoms with E-state index in [1.165, 1.54) is 14.0 Å². The lowest BCUT2D eigenvalue weighted by molar-refractivity contribution is 0.0932. The van der Waals surface area contributed by atoms with Crippen LogP contribution in [-0.2, 0) is 12.8 Å². The third-order valence-corrected chi connectivity index (χ3v) is 5.99. The molecule has 0 aliphatic carbocycles. The Bertz CT molecular complexity index is 1210. The summed E-state index contributed by atoms with van der Waals surface area (Å²) in [5.41, 5.74) is -0.820. The van der Waals surface area contributed by atoms with Gasteiger partial charge in [-0.25, -0.2) is 0 Å². The summed E-state index contributed by atoms with van der Waals surface area (Å²) in [5, 5.41) is 64.4. The van der Waals surface area contributed by atoms with Gasteiger partial charge in [0.05, 0.1) is 13.2 Å². The zero-order valence-corrected chi connectivity index (χ0v) is 20.7. The summed E-state index contributed by atoms with van der Waals surface area (Å²) >= 11 is 0. The lowest BCUT2D eigenvalue weighted by Crippen LogP contribution is -2.15. The molecule has 0 heterocycles. The molecule has 2 aromatic carbocycles. The fourth-order valence-corrected chi connectivity index (χ4v) is 3.91. The molecule has 1 atom stereocenters. The van der Waals surface area contributed by atoms with E-state index in [-0.39, 0.29) is 40.0 Å². The Hall–Kier alpha value is -3.72. The first-order chi connectivity index (χ1) is 16.2. The Kier molecular flexibility index (Phi) is 8.08. The van der Waals surface area contributed by atoms with Crippen molar-refractivity contribution in [2.75, 3.05) is 7.11 Å². The maximum absolute atomic E-state index is 12.9. The van der Waals surface area contributed by atoms with E-state index in [1.807, 2.05) is 0 Å². The topological polar surface area (TPSA) is 165 Å². The van der Waals surface area contributed by atoms with Crippen LogP contribution in [0.4, 0.5) is 0 Å². The van der Waals surface area contributed by atoms with Crippen molar-refractivity contribution in [1.29, 1.82) is 0 Å². The number of hydrogen-bond donors (Lipinski definition) is 6. The average Bonchev–Trinajstić information content (AvgIpc) is 2.76. The van der Waals surface area contributed by atoms with Gasteiger partial charge in [-0.1, -0.05) is 26.0 Å². The number of benzene rings is 2. The number of ketones is 2. The Morgan fingerprint density at radius 3 is 1.83 bits per heavy atom. The van der Waals surface area contributed by atoms with Crippen molar-refractivity contribution < 1.29 is 45.0 Å². The van der Waals surface area contributed by atoms with Gasteiger partial charge in [0, 0.05) is 41.0 Å². The van der Waals surface area contributed by atoms with Crippen LogP contribution in [0.3, 0.4) is 0 Å². The highest BCUT2D eigenvalue weighted by molar-refractivity contribution is 6.04. The van der Waals surface area contributed by atoms with Gasteiger partial charge in [-0.3, -0.25) is 9.59 Å². The van der Waals surface area contributed by atoms with Crippen LogP contribution in [0.2, 0.25) is 0 Å². The highest BCUT2D eigenvalue weighted by Gasteiger charge is 2.32. The quantitative estimate of drug-likeness (QED) is 0.228. The number of hydrogen-bond acceptors (Lipinski definition) is 9. The Morgan fingerprint density at radius 2 is 1.37 bits per heavy atom. The van der Waals surface area contributed by atoms with Crippen molar-refractivity contribution >= 4 is 11.6 Å².